The van der Waals surface area contributed by atoms with Gasteiger partial charge in [-0.1, -0.05) is 0 Å². The van der Waals surface area contributed by atoms with E-state index in [1.54, 1.807) is 3.57 Å². The van der Waals surface area contributed by atoms with Gasteiger partial charge < -0.3 is 0 Å². The first-order chi connectivity index (χ1) is 9.02. The molecule has 3 heteroatoms. The monoisotopic (exact) mass is 375 g/mol. The summed E-state index contributed by atoms with van der Waals surface area (Å²) in [5.74, 6) is 1.15. The molecule has 1 aromatic rings. The molecule has 0 radical (unpaired) electrons. The summed E-state index contributed by atoms with van der Waals surface area (Å²) in [7, 11) is 2.05. The molecule has 0 unspecified atom stereocenters. The Balaban J connectivity index is 2.38. The molecule has 2 rings (SSSR count). The number of nitrogens with one attached hydrogen (secondary N) is 1. The zero-order valence-corrected chi connectivity index (χ0v) is 14.6. The van der Waals surface area contributed by atoms with E-state index >= 15 is 0 Å². The molecule has 0 saturated heterocycles. The maximum atomic E-state index is 9.68. The van der Waals surface area contributed by atoms with Crippen LogP contribution in [-0.2, 0) is 6.42 Å². The van der Waals surface area contributed by atoms with Crippen molar-refractivity contribution in [2.75, 3.05) is 18.0 Å². The Kier molecular flexibility index (Phi) is 4.77. The number of phenols is 1. The third kappa shape index (κ3) is 2.77. The van der Waals surface area contributed by atoms with Gasteiger partial charge in [-0.2, -0.15) is 0 Å². The van der Waals surface area contributed by atoms with E-state index in [-0.39, 0.29) is 0 Å². The van der Waals surface area contributed by atoms with E-state index in [2.05, 4.69) is 39.2 Å². The zero-order chi connectivity index (χ0) is 14.0. The summed E-state index contributed by atoms with van der Waals surface area (Å²) < 4.78 is 3.44. The molecule has 0 bridgehead atoms. The molecule has 0 aromatic heterocycles. The Morgan fingerprint density at radius 1 is 1.47 bits per heavy atom. The van der Waals surface area contributed by atoms with Gasteiger partial charge in [0.25, 0.3) is 0 Å². The number of hydrogen-bond donors (Lipinski definition) is 2. The van der Waals surface area contributed by atoms with Gasteiger partial charge in [0.2, 0.25) is 0 Å². The molecular formula is C16H26INO. The van der Waals surface area contributed by atoms with Crippen molar-refractivity contribution in [2.45, 2.75) is 37.0 Å². The van der Waals surface area contributed by atoms with Crippen molar-refractivity contribution in [1.82, 2.24) is 5.32 Å². The maximum absolute atomic E-state index is 9.68. The van der Waals surface area contributed by atoms with E-state index in [0.29, 0.717) is 9.17 Å². The van der Waals surface area contributed by atoms with Crippen molar-refractivity contribution in [1.29, 1.82) is 0 Å². The van der Waals surface area contributed by atoms with Crippen molar-refractivity contribution in [3.05, 3.63) is 27.3 Å². The van der Waals surface area contributed by atoms with Gasteiger partial charge in [-0.25, -0.2) is 0 Å². The van der Waals surface area contributed by atoms with Crippen LogP contribution in [-0.4, -0.2) is 26.5 Å². The predicted octanol–water partition coefficient (Wildman–Crippen LogP) is 3.65. The number of alkyl halides is 2. The van der Waals surface area contributed by atoms with Crippen LogP contribution in [0.5, 0.6) is 5.75 Å². The van der Waals surface area contributed by atoms with Crippen LogP contribution in [0.1, 0.15) is 32.8 Å². The van der Waals surface area contributed by atoms with Gasteiger partial charge in [0.1, 0.15) is 0 Å². The Morgan fingerprint density at radius 3 is 2.84 bits per heavy atom. The van der Waals surface area contributed by atoms with Gasteiger partial charge in [-0.05, 0) is 0 Å². The molecule has 0 fully saturated rings. The van der Waals surface area contributed by atoms with E-state index in [4.69, 9.17) is 0 Å². The normalized spacial score (nSPS) is 26.0. The Labute approximate surface area is 124 Å². The molecule has 2 atom stereocenters. The van der Waals surface area contributed by atoms with Gasteiger partial charge in [-0.3, -0.25) is 0 Å². The fraction of sp³-hybridized carbons (Fsp3) is 0.625. The summed E-state index contributed by atoms with van der Waals surface area (Å²) >= 11 is -1.20. The first kappa shape index (κ1) is 15.1. The second kappa shape index (κ2) is 6.00. The van der Waals surface area contributed by atoms with Crippen molar-refractivity contribution in [2.24, 2.45) is 5.92 Å². The quantitative estimate of drug-likeness (QED) is 0.622. The minimum atomic E-state index is -1.20. The summed E-state index contributed by atoms with van der Waals surface area (Å²) in [5.41, 5.74) is 1.42. The van der Waals surface area contributed by atoms with E-state index in [1.165, 1.54) is 16.4 Å². The van der Waals surface area contributed by atoms with E-state index in [0.717, 1.165) is 18.9 Å². The van der Waals surface area contributed by atoms with Crippen LogP contribution in [0.15, 0.2) is 18.2 Å². The molecule has 2 nitrogen and oxygen atoms in total. The minimum absolute atomic E-state index is 0.428. The fourth-order valence-electron chi connectivity index (χ4n) is 3.14. The van der Waals surface area contributed by atoms with Gasteiger partial charge in [0.05, 0.1) is 0 Å². The summed E-state index contributed by atoms with van der Waals surface area (Å²) in [6.07, 6.45) is 2.41. The molecule has 1 aliphatic heterocycles. The molecule has 2 N–H and O–H groups in total. The van der Waals surface area contributed by atoms with Crippen LogP contribution in [0.3, 0.4) is 0 Å². The van der Waals surface area contributed by atoms with Crippen LogP contribution in [0, 0.1) is 9.49 Å². The molecule has 0 amide bonds. The number of halogens is 1. The molecule has 1 heterocycles. The van der Waals surface area contributed by atoms with Crippen LogP contribution < -0.4 is 5.32 Å². The molecule has 0 saturated carbocycles. The Bertz CT molecular complexity index is 448. The standard InChI is InChI=1S/C16H26INO/c1-5-17-15-7-6-14(19)10-13(15)8-9-16(17,3)12(2)11-18-4/h6-7,10,12,18-19H,5,8-9,11H2,1-4H3/t12-,16-/m1/s1. The van der Waals surface area contributed by atoms with Crippen molar-refractivity contribution < 1.29 is 5.11 Å². The predicted molar refractivity (Wildman–Crippen MR) is 91.2 cm³/mol. The Hall–Kier alpha value is -0.290. The molecule has 1 aromatic carbocycles. The molecule has 19 heavy (non-hydrogen) atoms. The van der Waals surface area contributed by atoms with E-state index < -0.39 is 19.8 Å². The van der Waals surface area contributed by atoms with Gasteiger partial charge >= 0.3 is 124 Å². The molecule has 0 spiro atoms. The average Bonchev–Trinajstić information content (AvgIpc) is 2.39. The number of fused-ring (bicyclic) bond motifs is 1. The first-order valence-electron chi connectivity index (χ1n) is 7.15. The van der Waals surface area contributed by atoms with Gasteiger partial charge in [-0.15, -0.1) is 0 Å². The third-order valence-corrected chi connectivity index (χ3v) is 13.0. The molecular weight excluding hydrogens is 349 g/mol. The van der Waals surface area contributed by atoms with Crippen LogP contribution >= 0.6 is 19.8 Å². The topological polar surface area (TPSA) is 32.3 Å². The second-order valence-electron chi connectivity index (χ2n) is 5.64. The number of hydrogen-bond acceptors (Lipinski definition) is 2. The van der Waals surface area contributed by atoms with Gasteiger partial charge in [0.15, 0.2) is 0 Å². The molecule has 108 valence electrons. The van der Waals surface area contributed by atoms with E-state index in [9.17, 15) is 5.11 Å². The van der Waals surface area contributed by atoms with Crippen molar-refractivity contribution >= 4 is 19.8 Å². The number of benzene rings is 1. The summed E-state index contributed by atoms with van der Waals surface area (Å²) in [5, 5.41) is 13.0. The van der Waals surface area contributed by atoms with Crippen LogP contribution in [0.4, 0.5) is 0 Å². The summed E-state index contributed by atoms with van der Waals surface area (Å²) in [4.78, 5) is 0. The number of aromatic hydroxyl groups is 1. The zero-order valence-electron chi connectivity index (χ0n) is 12.5. The van der Waals surface area contributed by atoms with Crippen molar-refractivity contribution in [3.8, 4) is 5.75 Å². The van der Waals surface area contributed by atoms with Crippen LogP contribution in [0.2, 0.25) is 0 Å². The SMILES string of the molecule is CCI1c2ccc(O)cc2CC[C@]1(C)[C@H](C)CNC. The van der Waals surface area contributed by atoms with Crippen LogP contribution in [0.25, 0.3) is 0 Å². The number of phenolic OH excluding ortho intramolecular Hbond substituents is 1. The Morgan fingerprint density at radius 2 is 2.21 bits per heavy atom. The molecule has 0 aliphatic carbocycles. The summed E-state index contributed by atoms with van der Waals surface area (Å²) in [6, 6.07) is 6.09. The average molecular weight is 375 g/mol. The fourth-order valence-corrected chi connectivity index (χ4v) is 11.3. The second-order valence-corrected chi connectivity index (χ2v) is 12.9. The first-order valence-corrected chi connectivity index (χ1v) is 10.8. The number of aryl methyl sites for hydroxylation is 1. The van der Waals surface area contributed by atoms with Crippen molar-refractivity contribution in [3.63, 3.8) is 0 Å². The third-order valence-electron chi connectivity index (χ3n) is 4.48. The number of rotatable bonds is 4. The summed E-state index contributed by atoms with van der Waals surface area (Å²) in [6.45, 7) is 8.39. The molecule has 1 aliphatic rings. The van der Waals surface area contributed by atoms with E-state index in [1.807, 2.05) is 12.1 Å². The van der Waals surface area contributed by atoms with Gasteiger partial charge in [0, 0.05) is 0 Å².